The first kappa shape index (κ1) is 18.9. The van der Waals surface area contributed by atoms with Crippen molar-refractivity contribution in [2.75, 3.05) is 17.2 Å². The maximum absolute atomic E-state index is 12.8. The Morgan fingerprint density at radius 2 is 1.96 bits per heavy atom. The molecule has 1 saturated heterocycles. The Bertz CT molecular complexity index is 804. The summed E-state index contributed by atoms with van der Waals surface area (Å²) in [5.41, 5.74) is 2.83. The van der Waals surface area contributed by atoms with Crippen molar-refractivity contribution in [3.63, 3.8) is 0 Å². The van der Waals surface area contributed by atoms with Crippen LogP contribution in [-0.4, -0.2) is 34.3 Å². The third-order valence-electron chi connectivity index (χ3n) is 4.81. The van der Waals surface area contributed by atoms with Crippen LogP contribution in [-0.2, 0) is 4.79 Å². The Labute approximate surface area is 160 Å². The quantitative estimate of drug-likeness (QED) is 0.832. The van der Waals surface area contributed by atoms with Gasteiger partial charge in [-0.15, -0.1) is 0 Å². The Morgan fingerprint density at radius 1 is 1.15 bits per heavy atom. The van der Waals surface area contributed by atoms with Crippen LogP contribution in [0.15, 0.2) is 42.6 Å². The number of nitrogens with zero attached hydrogens (tertiary/aromatic N) is 2. The van der Waals surface area contributed by atoms with Gasteiger partial charge in [0.2, 0.25) is 5.91 Å². The molecule has 1 aromatic carbocycles. The fourth-order valence-electron chi connectivity index (χ4n) is 3.48. The average Bonchev–Trinajstić information content (AvgIpc) is 2.68. The Hall–Kier alpha value is -2.89. The van der Waals surface area contributed by atoms with Crippen LogP contribution in [0.3, 0.4) is 0 Å². The number of nitrogens with one attached hydrogen (secondary N) is 2. The van der Waals surface area contributed by atoms with Gasteiger partial charge in [-0.05, 0) is 56.0 Å². The Kier molecular flexibility index (Phi) is 6.06. The van der Waals surface area contributed by atoms with E-state index in [9.17, 15) is 9.59 Å². The van der Waals surface area contributed by atoms with Gasteiger partial charge in [0.15, 0.2) is 0 Å². The number of hydrogen-bond acceptors (Lipinski definition) is 4. The molecular weight excluding hydrogens is 340 g/mol. The highest BCUT2D eigenvalue weighted by atomic mass is 16.2. The molecule has 1 aliphatic rings. The van der Waals surface area contributed by atoms with Gasteiger partial charge < -0.3 is 15.5 Å². The van der Waals surface area contributed by atoms with E-state index in [-0.39, 0.29) is 11.8 Å². The second-order valence-corrected chi connectivity index (χ2v) is 6.88. The molecule has 0 aliphatic carbocycles. The summed E-state index contributed by atoms with van der Waals surface area (Å²) in [6, 6.07) is 11.4. The fourth-order valence-corrected chi connectivity index (χ4v) is 3.48. The Balaban J connectivity index is 1.68. The van der Waals surface area contributed by atoms with Gasteiger partial charge in [0.05, 0.1) is 11.9 Å². The molecule has 2 aromatic rings. The maximum Gasteiger partial charge on any atom is 0.272 e. The second-order valence-electron chi connectivity index (χ2n) is 6.88. The molecule has 2 amide bonds. The fraction of sp³-hybridized carbons (Fsp3) is 0.381. The summed E-state index contributed by atoms with van der Waals surface area (Å²) >= 11 is 0. The van der Waals surface area contributed by atoms with Gasteiger partial charge in [-0.1, -0.05) is 13.0 Å². The van der Waals surface area contributed by atoms with Crippen molar-refractivity contribution in [1.29, 1.82) is 0 Å². The van der Waals surface area contributed by atoms with E-state index in [1.165, 1.54) is 13.3 Å². The summed E-state index contributed by atoms with van der Waals surface area (Å²) < 4.78 is 0. The molecular formula is C21H26N4O2. The lowest BCUT2D eigenvalue weighted by Gasteiger charge is -2.35. The molecule has 27 heavy (non-hydrogen) atoms. The molecule has 3 rings (SSSR count). The van der Waals surface area contributed by atoms with Gasteiger partial charge in [-0.2, -0.15) is 0 Å². The number of hydrogen-bond donors (Lipinski definition) is 2. The molecule has 1 aliphatic heterocycles. The highest BCUT2D eigenvalue weighted by Gasteiger charge is 2.26. The molecule has 2 heterocycles. The molecule has 0 radical (unpaired) electrons. The minimum Gasteiger partial charge on any atom is -0.354 e. The van der Waals surface area contributed by atoms with Crippen molar-refractivity contribution in [2.45, 2.75) is 45.6 Å². The zero-order valence-corrected chi connectivity index (χ0v) is 15.9. The predicted molar refractivity (Wildman–Crippen MR) is 107 cm³/mol. The summed E-state index contributed by atoms with van der Waals surface area (Å²) in [6.07, 6.45) is 5.98. The van der Waals surface area contributed by atoms with Crippen LogP contribution in [0.2, 0.25) is 0 Å². The number of pyridine rings is 1. The lowest BCUT2D eigenvalue weighted by molar-refractivity contribution is -0.114. The number of rotatable bonds is 5. The number of carbonyl (C=O) groups excluding carboxylic acids is 2. The first-order valence-electron chi connectivity index (χ1n) is 9.48. The number of piperidine rings is 1. The van der Waals surface area contributed by atoms with E-state index in [0.717, 1.165) is 42.9 Å². The van der Waals surface area contributed by atoms with Crippen molar-refractivity contribution in [2.24, 2.45) is 0 Å². The lowest BCUT2D eigenvalue weighted by Crippen LogP contribution is -2.43. The van der Waals surface area contributed by atoms with Crippen LogP contribution in [0.25, 0.3) is 0 Å². The standard InChI is InChI=1S/C21H26N4O2/c1-3-19-9-4-5-12-25(19)21(27)20-11-10-18(14-22-20)24-17-8-6-7-16(13-17)23-15(2)26/h6-8,10-11,13-14,19,24H,3-5,9,12H2,1-2H3,(H,23,26). The third-order valence-corrected chi connectivity index (χ3v) is 4.81. The minimum absolute atomic E-state index is 0.0146. The number of anilines is 3. The van der Waals surface area contributed by atoms with Crippen LogP contribution in [0.1, 0.15) is 50.0 Å². The van der Waals surface area contributed by atoms with Crippen LogP contribution >= 0.6 is 0 Å². The number of carbonyl (C=O) groups is 2. The van der Waals surface area contributed by atoms with E-state index in [2.05, 4.69) is 22.5 Å². The van der Waals surface area contributed by atoms with Gasteiger partial charge in [-0.3, -0.25) is 9.59 Å². The van der Waals surface area contributed by atoms with Crippen molar-refractivity contribution >= 4 is 28.9 Å². The highest BCUT2D eigenvalue weighted by molar-refractivity contribution is 5.93. The van der Waals surface area contributed by atoms with E-state index in [1.54, 1.807) is 12.3 Å². The maximum atomic E-state index is 12.8. The topological polar surface area (TPSA) is 74.3 Å². The molecule has 1 atom stereocenters. The van der Waals surface area contributed by atoms with E-state index in [4.69, 9.17) is 0 Å². The van der Waals surface area contributed by atoms with E-state index in [1.807, 2.05) is 35.2 Å². The van der Waals surface area contributed by atoms with Crippen molar-refractivity contribution < 1.29 is 9.59 Å². The zero-order valence-electron chi connectivity index (χ0n) is 15.9. The molecule has 142 valence electrons. The first-order chi connectivity index (χ1) is 13.1. The smallest absolute Gasteiger partial charge is 0.272 e. The molecule has 0 bridgehead atoms. The Morgan fingerprint density at radius 3 is 2.67 bits per heavy atom. The van der Waals surface area contributed by atoms with Gasteiger partial charge >= 0.3 is 0 Å². The van der Waals surface area contributed by atoms with Crippen molar-refractivity contribution in [3.8, 4) is 0 Å². The number of likely N-dealkylation sites (tertiary alicyclic amines) is 1. The number of aromatic nitrogens is 1. The first-order valence-corrected chi connectivity index (χ1v) is 9.48. The largest absolute Gasteiger partial charge is 0.354 e. The number of amides is 2. The predicted octanol–water partition coefficient (Wildman–Crippen LogP) is 4.19. The van der Waals surface area contributed by atoms with E-state index < -0.39 is 0 Å². The summed E-state index contributed by atoms with van der Waals surface area (Å²) in [7, 11) is 0. The van der Waals surface area contributed by atoms with Gasteiger partial charge in [0.1, 0.15) is 5.69 Å². The highest BCUT2D eigenvalue weighted by Crippen LogP contribution is 2.23. The van der Waals surface area contributed by atoms with Gasteiger partial charge in [0.25, 0.3) is 5.91 Å². The van der Waals surface area contributed by atoms with Crippen LogP contribution < -0.4 is 10.6 Å². The van der Waals surface area contributed by atoms with E-state index >= 15 is 0 Å². The van der Waals surface area contributed by atoms with E-state index in [0.29, 0.717) is 11.7 Å². The summed E-state index contributed by atoms with van der Waals surface area (Å²) in [5.74, 6) is -0.0967. The van der Waals surface area contributed by atoms with Crippen LogP contribution in [0.4, 0.5) is 17.1 Å². The second kappa shape index (κ2) is 8.66. The molecule has 1 fully saturated rings. The molecule has 6 heteroatoms. The monoisotopic (exact) mass is 366 g/mol. The molecule has 1 aromatic heterocycles. The van der Waals surface area contributed by atoms with Crippen LogP contribution in [0, 0.1) is 0 Å². The molecule has 0 saturated carbocycles. The molecule has 2 N–H and O–H groups in total. The van der Waals surface area contributed by atoms with Gasteiger partial charge in [-0.25, -0.2) is 4.98 Å². The van der Waals surface area contributed by atoms with Crippen molar-refractivity contribution in [3.05, 3.63) is 48.3 Å². The van der Waals surface area contributed by atoms with Crippen LogP contribution in [0.5, 0.6) is 0 Å². The van der Waals surface area contributed by atoms with Gasteiger partial charge in [0, 0.05) is 30.9 Å². The summed E-state index contributed by atoms with van der Waals surface area (Å²) in [4.78, 5) is 30.3. The zero-order chi connectivity index (χ0) is 19.2. The average molecular weight is 366 g/mol. The minimum atomic E-state index is -0.111. The third kappa shape index (κ3) is 4.84. The summed E-state index contributed by atoms with van der Waals surface area (Å²) in [6.45, 7) is 4.42. The lowest BCUT2D eigenvalue weighted by atomic mass is 9.99. The number of benzene rings is 1. The molecule has 1 unspecified atom stereocenters. The van der Waals surface area contributed by atoms with Crippen molar-refractivity contribution in [1.82, 2.24) is 9.88 Å². The SMILES string of the molecule is CCC1CCCCN1C(=O)c1ccc(Nc2cccc(NC(C)=O)c2)cn1. The summed E-state index contributed by atoms with van der Waals surface area (Å²) in [5, 5.41) is 6.00. The molecule has 0 spiro atoms. The normalized spacial score (nSPS) is 16.7. The molecule has 6 nitrogen and oxygen atoms in total.